The highest BCUT2D eigenvalue weighted by Crippen LogP contribution is 2.15. The van der Waals surface area contributed by atoms with Gasteiger partial charge in [0.25, 0.3) is 15.9 Å². The Morgan fingerprint density at radius 3 is 2.23 bits per heavy atom. The van der Waals surface area contributed by atoms with Crippen LogP contribution in [0, 0.1) is 0 Å². The standard InChI is InChI=1S/C26H26N4O4S/c31-24(20-12-14-21(15-13-20)26(32)30-18-5-2-6-19-30)17-16-22-8-7-11-25(27-22)28-29-35(33,34)23-9-3-1-4-10-23/h1,3-4,7-17,29H,2,5-6,18-19H2,(H,27,28). The van der Waals surface area contributed by atoms with Gasteiger partial charge in [-0.25, -0.2) is 13.4 Å². The maximum atomic E-state index is 12.6. The van der Waals surface area contributed by atoms with Gasteiger partial charge in [0.1, 0.15) is 5.82 Å². The van der Waals surface area contributed by atoms with Crippen LogP contribution in [0.25, 0.3) is 6.08 Å². The minimum Gasteiger partial charge on any atom is -0.339 e. The molecule has 0 bridgehead atoms. The fourth-order valence-electron chi connectivity index (χ4n) is 3.71. The van der Waals surface area contributed by atoms with E-state index in [2.05, 4.69) is 15.2 Å². The Morgan fingerprint density at radius 2 is 1.51 bits per heavy atom. The maximum absolute atomic E-state index is 12.6. The van der Waals surface area contributed by atoms with Crippen LogP contribution in [0.3, 0.4) is 0 Å². The van der Waals surface area contributed by atoms with Crippen LogP contribution in [0.4, 0.5) is 5.82 Å². The zero-order valence-electron chi connectivity index (χ0n) is 19.1. The number of hydrogen-bond donors (Lipinski definition) is 2. The molecule has 0 radical (unpaired) electrons. The van der Waals surface area contributed by atoms with Crippen LogP contribution in [0.1, 0.15) is 45.7 Å². The number of aromatic nitrogens is 1. The summed E-state index contributed by atoms with van der Waals surface area (Å²) in [5.41, 5.74) is 4.09. The van der Waals surface area contributed by atoms with Crippen LogP contribution in [-0.4, -0.2) is 43.1 Å². The summed E-state index contributed by atoms with van der Waals surface area (Å²) in [7, 11) is -3.75. The highest BCUT2D eigenvalue weighted by molar-refractivity contribution is 7.89. The lowest BCUT2D eigenvalue weighted by atomic mass is 10.1. The average Bonchev–Trinajstić information content (AvgIpc) is 2.91. The van der Waals surface area contributed by atoms with Crippen LogP contribution in [-0.2, 0) is 10.0 Å². The van der Waals surface area contributed by atoms with Gasteiger partial charge in [-0.3, -0.25) is 15.0 Å². The van der Waals surface area contributed by atoms with E-state index in [4.69, 9.17) is 0 Å². The first-order valence-electron chi connectivity index (χ1n) is 11.3. The number of nitrogens with one attached hydrogen (secondary N) is 2. The smallest absolute Gasteiger partial charge is 0.257 e. The summed E-state index contributed by atoms with van der Waals surface area (Å²) >= 11 is 0. The molecule has 4 rings (SSSR count). The lowest BCUT2D eigenvalue weighted by Crippen LogP contribution is -2.35. The molecular weight excluding hydrogens is 464 g/mol. The zero-order chi connectivity index (χ0) is 24.7. The van der Waals surface area contributed by atoms with Gasteiger partial charge in [-0.05, 0) is 67.8 Å². The van der Waals surface area contributed by atoms with Gasteiger partial charge >= 0.3 is 0 Å². The summed E-state index contributed by atoms with van der Waals surface area (Å²) in [5, 5.41) is 0. The number of carbonyl (C=O) groups is 2. The van der Waals surface area contributed by atoms with Crippen molar-refractivity contribution in [1.82, 2.24) is 14.7 Å². The molecule has 1 aliphatic rings. The van der Waals surface area contributed by atoms with Crippen molar-refractivity contribution in [3.63, 3.8) is 0 Å². The van der Waals surface area contributed by atoms with Gasteiger partial charge in [0.15, 0.2) is 5.78 Å². The number of likely N-dealkylation sites (tertiary alicyclic amines) is 1. The molecule has 1 saturated heterocycles. The van der Waals surface area contributed by atoms with Crippen molar-refractivity contribution in [3.05, 3.63) is 95.7 Å². The Labute approximate surface area is 204 Å². The maximum Gasteiger partial charge on any atom is 0.257 e. The summed E-state index contributed by atoms with van der Waals surface area (Å²) in [6.07, 6.45) is 6.14. The molecule has 1 aliphatic heterocycles. The van der Waals surface area contributed by atoms with Gasteiger partial charge in [0.05, 0.1) is 10.6 Å². The number of piperidine rings is 1. The number of hydrazine groups is 1. The van der Waals surface area contributed by atoms with Gasteiger partial charge in [0.2, 0.25) is 0 Å². The number of hydrogen-bond acceptors (Lipinski definition) is 6. The van der Waals surface area contributed by atoms with Crippen molar-refractivity contribution < 1.29 is 18.0 Å². The van der Waals surface area contributed by atoms with Crippen LogP contribution >= 0.6 is 0 Å². The first-order valence-corrected chi connectivity index (χ1v) is 12.8. The largest absolute Gasteiger partial charge is 0.339 e. The fraction of sp³-hybridized carbons (Fsp3) is 0.192. The van der Waals surface area contributed by atoms with Crippen molar-refractivity contribution in [3.8, 4) is 0 Å². The number of rotatable bonds is 8. The van der Waals surface area contributed by atoms with Gasteiger partial charge in [0, 0.05) is 24.2 Å². The minimum absolute atomic E-state index is 0.00403. The number of benzene rings is 2. The quantitative estimate of drug-likeness (QED) is 0.282. The minimum atomic E-state index is -3.75. The van der Waals surface area contributed by atoms with Crippen molar-refractivity contribution >= 4 is 33.6 Å². The molecule has 0 unspecified atom stereocenters. The molecule has 2 N–H and O–H groups in total. The topological polar surface area (TPSA) is 108 Å². The molecule has 0 aliphatic carbocycles. The lowest BCUT2D eigenvalue weighted by Gasteiger charge is -2.26. The van der Waals surface area contributed by atoms with Crippen LogP contribution in [0.15, 0.2) is 83.8 Å². The summed E-state index contributed by atoms with van der Waals surface area (Å²) < 4.78 is 24.7. The number of anilines is 1. The normalized spacial score (nSPS) is 14.1. The fourth-order valence-corrected chi connectivity index (χ4v) is 4.58. The first-order chi connectivity index (χ1) is 16.9. The molecule has 2 aromatic carbocycles. The Morgan fingerprint density at radius 1 is 0.829 bits per heavy atom. The molecule has 1 aromatic heterocycles. The number of ketones is 1. The van der Waals surface area contributed by atoms with E-state index in [1.165, 1.54) is 18.2 Å². The molecule has 0 atom stereocenters. The molecule has 35 heavy (non-hydrogen) atoms. The second kappa shape index (κ2) is 11.1. The summed E-state index contributed by atoms with van der Waals surface area (Å²) in [6.45, 7) is 1.55. The lowest BCUT2D eigenvalue weighted by molar-refractivity contribution is 0.0724. The molecule has 1 amide bonds. The highest BCUT2D eigenvalue weighted by atomic mass is 32.2. The Bertz CT molecular complexity index is 1320. The highest BCUT2D eigenvalue weighted by Gasteiger charge is 2.18. The first kappa shape index (κ1) is 24.3. The monoisotopic (exact) mass is 490 g/mol. The third kappa shape index (κ3) is 6.40. The van der Waals surface area contributed by atoms with E-state index < -0.39 is 10.0 Å². The van der Waals surface area contributed by atoms with Crippen molar-refractivity contribution in [2.24, 2.45) is 0 Å². The zero-order valence-corrected chi connectivity index (χ0v) is 19.9. The van der Waals surface area contributed by atoms with Crippen LogP contribution in [0.5, 0.6) is 0 Å². The molecule has 180 valence electrons. The average molecular weight is 491 g/mol. The SMILES string of the molecule is O=C(C=Cc1cccc(NNS(=O)(=O)c2ccccc2)n1)c1ccc(C(=O)N2CCCCC2)cc1. The molecule has 8 nitrogen and oxygen atoms in total. The van der Waals surface area contributed by atoms with Crippen molar-refractivity contribution in [2.45, 2.75) is 24.2 Å². The number of allylic oxidation sites excluding steroid dienone is 1. The number of carbonyl (C=O) groups excluding carboxylic acids is 2. The second-order valence-electron chi connectivity index (χ2n) is 8.12. The van der Waals surface area contributed by atoms with Gasteiger partial charge in [-0.2, -0.15) is 0 Å². The Balaban J connectivity index is 1.37. The summed E-state index contributed by atoms with van der Waals surface area (Å²) in [4.78, 5) is 33.7. The molecule has 1 fully saturated rings. The van der Waals surface area contributed by atoms with Gasteiger partial charge < -0.3 is 4.90 Å². The molecule has 3 aromatic rings. The van der Waals surface area contributed by atoms with Crippen molar-refractivity contribution in [1.29, 1.82) is 0 Å². The van der Waals surface area contributed by atoms with E-state index >= 15 is 0 Å². The third-order valence-electron chi connectivity index (χ3n) is 5.60. The van der Waals surface area contributed by atoms with E-state index in [1.807, 2.05) is 4.90 Å². The van der Waals surface area contributed by atoms with Gasteiger partial charge in [-0.1, -0.05) is 36.4 Å². The van der Waals surface area contributed by atoms with E-state index in [-0.39, 0.29) is 22.4 Å². The number of pyridine rings is 1. The molecular formula is C26H26N4O4S. The summed E-state index contributed by atoms with van der Waals surface area (Å²) in [6, 6.07) is 19.6. The predicted octanol–water partition coefficient (Wildman–Crippen LogP) is 3.91. The van der Waals surface area contributed by atoms with E-state index in [0.29, 0.717) is 16.8 Å². The predicted molar refractivity (Wildman–Crippen MR) is 134 cm³/mol. The molecule has 2 heterocycles. The Kier molecular flexibility index (Phi) is 7.69. The van der Waals surface area contributed by atoms with Crippen LogP contribution in [0.2, 0.25) is 0 Å². The Hall–Kier alpha value is -3.82. The third-order valence-corrected chi connectivity index (χ3v) is 6.87. The molecule has 9 heteroatoms. The number of sulfonamides is 1. The van der Waals surface area contributed by atoms with Gasteiger partial charge in [-0.15, -0.1) is 4.83 Å². The van der Waals surface area contributed by atoms with Crippen molar-refractivity contribution in [2.75, 3.05) is 18.5 Å². The second-order valence-corrected chi connectivity index (χ2v) is 9.80. The molecule has 0 spiro atoms. The number of amides is 1. The molecule has 0 saturated carbocycles. The summed E-state index contributed by atoms with van der Waals surface area (Å²) in [5.74, 6) is 0.0437. The van der Waals surface area contributed by atoms with E-state index in [1.54, 1.807) is 66.7 Å². The number of nitrogens with zero attached hydrogens (tertiary/aromatic N) is 2. The van der Waals surface area contributed by atoms with E-state index in [9.17, 15) is 18.0 Å². The van der Waals surface area contributed by atoms with E-state index in [0.717, 1.165) is 32.4 Å². The van der Waals surface area contributed by atoms with Crippen LogP contribution < -0.4 is 10.3 Å².